The van der Waals surface area contributed by atoms with Crippen molar-refractivity contribution in [3.8, 4) is 17.1 Å². The van der Waals surface area contributed by atoms with Crippen molar-refractivity contribution >= 4 is 33.0 Å². The van der Waals surface area contributed by atoms with Crippen molar-refractivity contribution in [2.45, 2.75) is 11.4 Å². The lowest BCUT2D eigenvalue weighted by Gasteiger charge is -2.08. The largest absolute Gasteiger partial charge is 0.495 e. The van der Waals surface area contributed by atoms with Crippen molar-refractivity contribution in [3.05, 3.63) is 57.9 Å². The molecule has 0 unspecified atom stereocenters. The third-order valence-electron chi connectivity index (χ3n) is 3.33. The van der Waals surface area contributed by atoms with E-state index in [9.17, 15) is 8.42 Å². The van der Waals surface area contributed by atoms with E-state index in [-0.39, 0.29) is 16.5 Å². The van der Waals surface area contributed by atoms with Gasteiger partial charge in [0.15, 0.2) is 0 Å². The second kappa shape index (κ2) is 6.98. The fraction of sp³-hybridized carbons (Fsp3) is 0.125. The second-order valence-electron chi connectivity index (χ2n) is 4.90. The summed E-state index contributed by atoms with van der Waals surface area (Å²) in [6.07, 6.45) is 1.60. The van der Waals surface area contributed by atoms with Crippen molar-refractivity contribution in [3.63, 3.8) is 0 Å². The van der Waals surface area contributed by atoms with Crippen molar-refractivity contribution < 1.29 is 17.6 Å². The summed E-state index contributed by atoms with van der Waals surface area (Å²) in [5, 5.41) is 2.17. The lowest BCUT2D eigenvalue weighted by Crippen LogP contribution is -2.22. The first-order valence-corrected chi connectivity index (χ1v) is 9.68. The molecule has 0 radical (unpaired) electrons. The molecule has 0 spiro atoms. The minimum absolute atomic E-state index is 0.0936. The highest BCUT2D eigenvalue weighted by molar-refractivity contribution is 7.89. The van der Waals surface area contributed by atoms with Gasteiger partial charge in [-0.3, -0.25) is 0 Å². The summed E-state index contributed by atoms with van der Waals surface area (Å²) in [5.74, 6) is 1.18. The Balaban J connectivity index is 1.72. The fourth-order valence-corrected chi connectivity index (χ4v) is 4.37. The summed E-state index contributed by atoms with van der Waals surface area (Å²) in [6, 6.07) is 9.91. The van der Waals surface area contributed by atoms with Crippen molar-refractivity contribution in [1.82, 2.24) is 4.72 Å². The molecule has 24 heavy (non-hydrogen) atoms. The normalized spacial score (nSPS) is 11.6. The third-order valence-corrected chi connectivity index (χ3v) is 5.96. The fourth-order valence-electron chi connectivity index (χ4n) is 2.11. The molecule has 3 rings (SSSR count). The van der Waals surface area contributed by atoms with E-state index in [1.807, 2.05) is 23.6 Å². The van der Waals surface area contributed by atoms with Crippen LogP contribution in [0.2, 0.25) is 5.02 Å². The Hall–Kier alpha value is -1.80. The van der Waals surface area contributed by atoms with Gasteiger partial charge in [-0.1, -0.05) is 11.6 Å². The maximum atomic E-state index is 12.4. The zero-order valence-electron chi connectivity index (χ0n) is 12.7. The van der Waals surface area contributed by atoms with E-state index in [1.165, 1.54) is 36.6 Å². The highest BCUT2D eigenvalue weighted by atomic mass is 35.5. The molecule has 5 nitrogen and oxygen atoms in total. The number of halogens is 1. The van der Waals surface area contributed by atoms with Crippen LogP contribution in [-0.4, -0.2) is 15.5 Å². The van der Waals surface area contributed by atoms with E-state index in [2.05, 4.69) is 4.72 Å². The Kier molecular flexibility index (Phi) is 4.96. The van der Waals surface area contributed by atoms with E-state index in [0.29, 0.717) is 5.75 Å². The predicted molar refractivity (Wildman–Crippen MR) is 94.1 cm³/mol. The molecule has 2 aromatic heterocycles. The Labute approximate surface area is 148 Å². The Morgan fingerprint density at radius 3 is 2.79 bits per heavy atom. The van der Waals surface area contributed by atoms with Crippen LogP contribution in [0.3, 0.4) is 0 Å². The molecule has 0 fully saturated rings. The molecule has 1 N–H and O–H groups in total. The Morgan fingerprint density at radius 2 is 2.12 bits per heavy atom. The molecule has 0 aliphatic heterocycles. The lowest BCUT2D eigenvalue weighted by molar-refractivity contribution is 0.414. The van der Waals surface area contributed by atoms with E-state index in [1.54, 1.807) is 6.26 Å². The summed E-state index contributed by atoms with van der Waals surface area (Å²) < 4.78 is 37.7. The molecule has 0 aliphatic rings. The van der Waals surface area contributed by atoms with Gasteiger partial charge in [0.05, 0.1) is 23.3 Å². The third kappa shape index (κ3) is 3.64. The van der Waals surface area contributed by atoms with Gasteiger partial charge in [0.25, 0.3) is 0 Å². The van der Waals surface area contributed by atoms with Crippen LogP contribution < -0.4 is 9.46 Å². The SMILES string of the molecule is COc1ccc(S(=O)(=O)NCc2cc(-c3ccco3)cs2)cc1Cl. The molecule has 1 aromatic carbocycles. The Morgan fingerprint density at radius 1 is 1.29 bits per heavy atom. The zero-order valence-corrected chi connectivity index (χ0v) is 15.0. The number of hydrogen-bond donors (Lipinski definition) is 1. The number of rotatable bonds is 6. The number of thiophene rings is 1. The minimum atomic E-state index is -3.66. The average molecular weight is 384 g/mol. The van der Waals surface area contributed by atoms with Gasteiger partial charge in [-0.2, -0.15) is 0 Å². The van der Waals surface area contributed by atoms with Gasteiger partial charge in [0.2, 0.25) is 10.0 Å². The maximum Gasteiger partial charge on any atom is 0.240 e. The molecule has 0 aliphatic carbocycles. The van der Waals surface area contributed by atoms with Crippen LogP contribution in [0.1, 0.15) is 4.88 Å². The number of furan rings is 1. The molecule has 2 heterocycles. The molecule has 0 saturated heterocycles. The molecule has 3 aromatic rings. The summed E-state index contributed by atoms with van der Waals surface area (Å²) >= 11 is 7.45. The summed E-state index contributed by atoms with van der Waals surface area (Å²) in [4.78, 5) is 0.973. The first-order valence-electron chi connectivity index (χ1n) is 6.94. The van der Waals surface area contributed by atoms with Crippen LogP contribution >= 0.6 is 22.9 Å². The van der Waals surface area contributed by atoms with Crippen LogP contribution in [0.15, 0.2) is 57.4 Å². The van der Waals surface area contributed by atoms with E-state index in [4.69, 9.17) is 20.8 Å². The van der Waals surface area contributed by atoms with E-state index in [0.717, 1.165) is 16.2 Å². The number of nitrogens with one attached hydrogen (secondary N) is 1. The van der Waals surface area contributed by atoms with Gasteiger partial charge in [-0.15, -0.1) is 11.3 Å². The van der Waals surface area contributed by atoms with Crippen molar-refractivity contribution in [2.75, 3.05) is 7.11 Å². The standard InChI is InChI=1S/C16H14ClNO4S2/c1-21-16-5-4-13(8-14(16)17)24(19,20)18-9-12-7-11(10-23-12)15-3-2-6-22-15/h2-8,10,18H,9H2,1H3. The van der Waals surface area contributed by atoms with Crippen LogP contribution in [0, 0.1) is 0 Å². The monoisotopic (exact) mass is 383 g/mol. The van der Waals surface area contributed by atoms with Crippen molar-refractivity contribution in [1.29, 1.82) is 0 Å². The smallest absolute Gasteiger partial charge is 0.240 e. The van der Waals surface area contributed by atoms with Gasteiger partial charge in [-0.05, 0) is 36.4 Å². The first kappa shape index (κ1) is 17.0. The first-order chi connectivity index (χ1) is 11.5. The number of ether oxygens (including phenoxy) is 1. The topological polar surface area (TPSA) is 68.5 Å². The van der Waals surface area contributed by atoms with Gasteiger partial charge >= 0.3 is 0 Å². The number of benzene rings is 1. The van der Waals surface area contributed by atoms with Crippen LogP contribution in [0.4, 0.5) is 0 Å². The molecule has 0 amide bonds. The number of sulfonamides is 1. The molecular weight excluding hydrogens is 370 g/mol. The van der Waals surface area contributed by atoms with Gasteiger partial charge in [0.1, 0.15) is 11.5 Å². The molecule has 0 atom stereocenters. The second-order valence-corrected chi connectivity index (χ2v) is 8.07. The summed E-state index contributed by atoms with van der Waals surface area (Å²) in [7, 11) is -2.18. The molecule has 8 heteroatoms. The molecular formula is C16H14ClNO4S2. The number of methoxy groups -OCH3 is 1. The molecule has 0 saturated carbocycles. The van der Waals surface area contributed by atoms with Crippen LogP contribution in [0.5, 0.6) is 5.75 Å². The zero-order chi connectivity index (χ0) is 17.2. The van der Waals surface area contributed by atoms with Crippen LogP contribution in [0.25, 0.3) is 11.3 Å². The summed E-state index contributed by atoms with van der Waals surface area (Å²) in [5.41, 5.74) is 0.923. The van der Waals surface area contributed by atoms with E-state index < -0.39 is 10.0 Å². The van der Waals surface area contributed by atoms with Gasteiger partial charge < -0.3 is 9.15 Å². The maximum absolute atomic E-state index is 12.4. The molecule has 126 valence electrons. The van der Waals surface area contributed by atoms with Gasteiger partial charge in [-0.25, -0.2) is 13.1 Å². The van der Waals surface area contributed by atoms with Crippen LogP contribution in [-0.2, 0) is 16.6 Å². The lowest BCUT2D eigenvalue weighted by atomic mass is 10.2. The highest BCUT2D eigenvalue weighted by Gasteiger charge is 2.16. The quantitative estimate of drug-likeness (QED) is 0.694. The van der Waals surface area contributed by atoms with Crippen molar-refractivity contribution in [2.24, 2.45) is 0 Å². The highest BCUT2D eigenvalue weighted by Crippen LogP contribution is 2.28. The molecule has 0 bridgehead atoms. The van der Waals surface area contributed by atoms with E-state index >= 15 is 0 Å². The minimum Gasteiger partial charge on any atom is -0.495 e. The predicted octanol–water partition coefficient (Wildman–Crippen LogP) is 4.15. The average Bonchev–Trinajstić information content (AvgIpc) is 3.24. The Bertz CT molecular complexity index is 933. The summed E-state index contributed by atoms with van der Waals surface area (Å²) in [6.45, 7) is 0.192. The number of hydrogen-bond acceptors (Lipinski definition) is 5. The van der Waals surface area contributed by atoms with Gasteiger partial charge in [0, 0.05) is 22.4 Å².